The molecule has 5 aromatic rings. The number of nitrogens with one attached hydrogen (secondary N) is 1. The second kappa shape index (κ2) is 17.7. The van der Waals surface area contributed by atoms with Crippen LogP contribution < -0.4 is 21.2 Å². The van der Waals surface area contributed by atoms with Gasteiger partial charge in [0, 0.05) is 43.6 Å². The second-order valence-corrected chi connectivity index (χ2v) is 22.8. The quantitative estimate of drug-likeness (QED) is 0.0204. The summed E-state index contributed by atoms with van der Waals surface area (Å²) in [4.78, 5) is 82.9. The smallest absolute Gasteiger partial charge is 0.363 e. The van der Waals surface area contributed by atoms with Crippen molar-refractivity contribution in [3.05, 3.63) is 166 Å². The van der Waals surface area contributed by atoms with E-state index in [0.29, 0.717) is 27.0 Å². The van der Waals surface area contributed by atoms with E-state index in [0.717, 1.165) is 12.1 Å². The van der Waals surface area contributed by atoms with E-state index in [9.17, 15) is 24.5 Å². The fourth-order valence-electron chi connectivity index (χ4n) is 7.52. The highest BCUT2D eigenvalue weighted by Crippen LogP contribution is 2.50. The summed E-state index contributed by atoms with van der Waals surface area (Å²) in [5.41, 5.74) is 0.153. The number of hydrogen-bond donors (Lipinski definition) is 1. The van der Waals surface area contributed by atoms with Crippen molar-refractivity contribution in [2.75, 3.05) is 7.05 Å². The van der Waals surface area contributed by atoms with Gasteiger partial charge in [0.05, 0.1) is 28.6 Å². The van der Waals surface area contributed by atoms with Gasteiger partial charge in [0.25, 0.3) is 11.6 Å². The van der Waals surface area contributed by atoms with Gasteiger partial charge in [-0.05, 0) is 66.7 Å². The van der Waals surface area contributed by atoms with Crippen LogP contribution in [0.5, 0.6) is 0 Å². The van der Waals surface area contributed by atoms with Crippen LogP contribution in [-0.4, -0.2) is 72.3 Å². The molecule has 12 nitrogen and oxygen atoms in total. The number of amides is 2. The van der Waals surface area contributed by atoms with E-state index in [1.807, 2.05) is 111 Å². The van der Waals surface area contributed by atoms with Crippen molar-refractivity contribution >= 4 is 71.8 Å². The van der Waals surface area contributed by atoms with E-state index >= 15 is 9.59 Å². The molecule has 1 saturated heterocycles. The number of benzene rings is 5. The van der Waals surface area contributed by atoms with Gasteiger partial charge < -0.3 is 19.4 Å². The first-order valence-corrected chi connectivity index (χ1v) is 24.2. The lowest BCUT2D eigenvalue weighted by molar-refractivity contribution is -0.384. The number of carbonyl (C=O) groups excluding carboxylic acids is 5. The molecule has 1 aliphatic heterocycles. The van der Waals surface area contributed by atoms with Crippen LogP contribution in [0.15, 0.2) is 140 Å². The Morgan fingerprint density at radius 1 is 0.746 bits per heavy atom. The molecule has 59 heavy (non-hydrogen) atoms. The number of ether oxygens (including phenoxy) is 1. The molecule has 0 unspecified atom stereocenters. The number of nitro groups is 1. The Kier molecular flexibility index (Phi) is 12.7. The van der Waals surface area contributed by atoms with Crippen LogP contribution in [0, 0.1) is 16.0 Å². The highest BCUT2D eigenvalue weighted by atomic mass is 31.2. The van der Waals surface area contributed by atoms with Gasteiger partial charge in [-0.3, -0.25) is 24.5 Å². The number of rotatable bonds is 14. The summed E-state index contributed by atoms with van der Waals surface area (Å²) >= 11 is 0. The second-order valence-electron chi connectivity index (χ2n) is 15.0. The van der Waals surface area contributed by atoms with E-state index in [4.69, 9.17) is 9.16 Å². The molecule has 1 N–H and O–H groups in total. The number of nitrogens with zero attached hydrogens (tertiary/aromatic N) is 2. The minimum absolute atomic E-state index is 0.120. The van der Waals surface area contributed by atoms with Crippen molar-refractivity contribution in [1.29, 1.82) is 0 Å². The van der Waals surface area contributed by atoms with Crippen LogP contribution in [-0.2, 0) is 18.8 Å². The monoisotopic (exact) mass is 829 g/mol. The van der Waals surface area contributed by atoms with Crippen molar-refractivity contribution in [1.82, 2.24) is 10.2 Å². The number of non-ortho nitro benzene ring substituents is 1. The van der Waals surface area contributed by atoms with Crippen molar-refractivity contribution in [2.24, 2.45) is 5.92 Å². The molecule has 2 amide bonds. The lowest BCUT2D eigenvalue weighted by Crippen LogP contribution is -2.69. The molecule has 0 spiro atoms. The van der Waals surface area contributed by atoms with Gasteiger partial charge in [0.2, 0.25) is 5.91 Å². The van der Waals surface area contributed by atoms with E-state index in [2.05, 4.69) is 5.32 Å². The number of hydrogen-bond acceptors (Lipinski definition) is 9. The largest absolute Gasteiger partial charge is 0.414 e. The van der Waals surface area contributed by atoms with Gasteiger partial charge in [0.1, 0.15) is 5.42 Å². The first-order valence-electron chi connectivity index (χ1n) is 19.0. The number of esters is 2. The van der Waals surface area contributed by atoms with Crippen LogP contribution in [0.3, 0.4) is 0 Å². The highest BCUT2D eigenvalue weighted by Gasteiger charge is 2.56. The molecule has 1 aliphatic rings. The Morgan fingerprint density at radius 2 is 1.20 bits per heavy atom. The molecular weight excluding hydrogens is 786 g/mol. The average molecular weight is 830 g/mol. The van der Waals surface area contributed by atoms with Crippen LogP contribution in [0.25, 0.3) is 0 Å². The van der Waals surface area contributed by atoms with Gasteiger partial charge in [-0.2, -0.15) is 0 Å². The van der Waals surface area contributed by atoms with Gasteiger partial charge in [-0.1, -0.05) is 103 Å². The third-order valence-electron chi connectivity index (χ3n) is 10.1. The maximum absolute atomic E-state index is 15.3. The molecular formula is C45H44N3O9PSi. The third kappa shape index (κ3) is 8.78. The summed E-state index contributed by atoms with van der Waals surface area (Å²) in [7, 11) is -0.748. The van der Waals surface area contributed by atoms with Crippen molar-refractivity contribution in [3.8, 4) is 0 Å². The van der Waals surface area contributed by atoms with Crippen LogP contribution >= 0.6 is 6.89 Å². The molecule has 0 aromatic heterocycles. The number of nitro benzene ring substituents is 1. The zero-order chi connectivity index (χ0) is 42.5. The third-order valence-corrected chi connectivity index (χ3v) is 15.4. The SMILES string of the molecule is CNC(=O)c1ccc(C(=O)C[C@@H]2[C@@H]([C@@H](C)O[Si](C)(C)C)C(=O)N2C(C(=O)OC(=O)c2ccc([N+](=O)[O-])cc2)=P(c2ccccc2)(c2ccccc2)c2ccccc2)cc1. The average Bonchev–Trinajstić information content (AvgIpc) is 3.23. The lowest BCUT2D eigenvalue weighted by atomic mass is 9.79. The first kappa shape index (κ1) is 42.3. The van der Waals surface area contributed by atoms with Crippen LogP contribution in [0.4, 0.5) is 5.69 Å². The van der Waals surface area contributed by atoms with Gasteiger partial charge >= 0.3 is 11.9 Å². The maximum atomic E-state index is 15.3. The number of β-lactam (4-membered cyclic amide) rings is 1. The summed E-state index contributed by atoms with van der Waals surface area (Å²) in [6.45, 7) is 4.27. The molecule has 0 radical (unpaired) electrons. The normalized spacial score (nSPS) is 15.7. The van der Waals surface area contributed by atoms with Crippen LogP contribution in [0.1, 0.15) is 44.4 Å². The standard InChI is InChI=1S/C45H44N3O9PSi/c1-30(57-59(3,4)5)40-38(29-39(49)31-21-23-32(24-22-31)41(50)46-2)47(42(40)51)43(45(53)56-44(52)33-25-27-34(28-26-33)48(54)55)58(35-15-9-6-10-16-35,36-17-11-7-12-18-36)37-19-13-8-14-20-37/h6-28,30,38,40H,29H2,1-5H3,(H,46,50)/t30-,38-,40-/m1/s1. The van der Waals surface area contributed by atoms with Gasteiger partial charge in [0.15, 0.2) is 14.1 Å². The number of Topliss-reactive ketones (excluding diaryl/α,β-unsaturated/α-hetero) is 1. The number of likely N-dealkylation sites (tertiary alicyclic amines) is 1. The predicted octanol–water partition coefficient (Wildman–Crippen LogP) is 6.10. The maximum Gasteiger partial charge on any atom is 0.363 e. The summed E-state index contributed by atoms with van der Waals surface area (Å²) in [5, 5.41) is 15.9. The molecule has 302 valence electrons. The molecule has 14 heteroatoms. The van der Waals surface area contributed by atoms with Gasteiger partial charge in [-0.15, -0.1) is 0 Å². The van der Waals surface area contributed by atoms with E-state index in [1.54, 1.807) is 31.2 Å². The zero-order valence-electron chi connectivity index (χ0n) is 33.2. The summed E-state index contributed by atoms with van der Waals surface area (Å²) in [5.74, 6) is -4.21. The Hall–Kier alpha value is -6.27. The Labute approximate surface area is 343 Å². The lowest BCUT2D eigenvalue weighted by Gasteiger charge is -2.52. The first-order chi connectivity index (χ1) is 28.2. The Balaban J connectivity index is 1.62. The summed E-state index contributed by atoms with van der Waals surface area (Å²) < 4.78 is 12.2. The minimum atomic E-state index is -3.50. The molecule has 0 aliphatic carbocycles. The molecule has 1 heterocycles. The topological polar surface area (TPSA) is 162 Å². The van der Waals surface area contributed by atoms with Crippen molar-refractivity contribution < 1.29 is 38.1 Å². The highest BCUT2D eigenvalue weighted by molar-refractivity contribution is 7.96. The van der Waals surface area contributed by atoms with Crippen LogP contribution in [0.2, 0.25) is 19.6 Å². The summed E-state index contributed by atoms with van der Waals surface area (Å²) in [6, 6.07) is 37.6. The zero-order valence-corrected chi connectivity index (χ0v) is 35.1. The molecule has 0 saturated carbocycles. The molecule has 6 rings (SSSR count). The van der Waals surface area contributed by atoms with Gasteiger partial charge in [-0.25, -0.2) is 9.59 Å². The minimum Gasteiger partial charge on any atom is -0.414 e. The number of carbonyl (C=O) groups is 5. The Bertz CT molecular complexity index is 2340. The predicted molar refractivity (Wildman–Crippen MR) is 230 cm³/mol. The van der Waals surface area contributed by atoms with E-state index in [1.165, 1.54) is 24.1 Å². The molecule has 3 atom stereocenters. The van der Waals surface area contributed by atoms with Crippen molar-refractivity contribution in [2.45, 2.75) is 45.1 Å². The van der Waals surface area contributed by atoms with Crippen molar-refractivity contribution in [3.63, 3.8) is 0 Å². The molecule has 0 bridgehead atoms. The Morgan fingerprint density at radius 3 is 1.64 bits per heavy atom. The fourth-order valence-corrected chi connectivity index (χ4v) is 13.2. The fraction of sp³-hybridized carbons (Fsp3) is 0.200. The number of ketones is 1. The summed E-state index contributed by atoms with van der Waals surface area (Å²) in [6.07, 6.45) is -0.892. The molecule has 5 aromatic carbocycles. The van der Waals surface area contributed by atoms with E-state index in [-0.39, 0.29) is 34.8 Å². The molecule has 1 fully saturated rings. The van der Waals surface area contributed by atoms with E-state index < -0.39 is 56.0 Å².